The number of amides is 1. The minimum atomic E-state index is -3.99. The maximum Gasteiger partial charge on any atom is 0.264 e. The number of anilines is 1. The van der Waals surface area contributed by atoms with Gasteiger partial charge in [0.25, 0.3) is 15.9 Å². The van der Waals surface area contributed by atoms with Crippen molar-refractivity contribution in [3.8, 4) is 0 Å². The standard InChI is InChI=1S/C21H28ClN3O3S/c1-14-9-10-17(22)13-18(14)23-29(27,28)20-16(3)24(4)15(2)19(20)21(26)25-11-7-5-6-8-12-25/h9-10,13,23H,5-8,11-12H2,1-4H3. The van der Waals surface area contributed by atoms with Gasteiger partial charge in [0, 0.05) is 36.5 Å². The van der Waals surface area contributed by atoms with E-state index >= 15 is 0 Å². The monoisotopic (exact) mass is 437 g/mol. The quantitative estimate of drug-likeness (QED) is 0.769. The summed E-state index contributed by atoms with van der Waals surface area (Å²) in [5.74, 6) is -0.212. The lowest BCUT2D eigenvalue weighted by Crippen LogP contribution is -2.33. The van der Waals surface area contributed by atoms with Gasteiger partial charge in [0.1, 0.15) is 4.90 Å². The number of aryl methyl sites for hydroxylation is 1. The largest absolute Gasteiger partial charge is 0.350 e. The van der Waals surface area contributed by atoms with Crippen LogP contribution in [0.5, 0.6) is 0 Å². The van der Waals surface area contributed by atoms with Crippen molar-refractivity contribution in [2.45, 2.75) is 51.3 Å². The third-order valence-electron chi connectivity index (χ3n) is 5.74. The van der Waals surface area contributed by atoms with Crippen molar-refractivity contribution >= 4 is 33.2 Å². The smallest absolute Gasteiger partial charge is 0.264 e. The number of benzene rings is 1. The average Bonchev–Trinajstić information content (AvgIpc) is 2.87. The molecule has 1 aromatic carbocycles. The van der Waals surface area contributed by atoms with Crippen LogP contribution < -0.4 is 4.72 Å². The maximum atomic E-state index is 13.4. The van der Waals surface area contributed by atoms with Crippen LogP contribution in [0.4, 0.5) is 5.69 Å². The van der Waals surface area contributed by atoms with Gasteiger partial charge < -0.3 is 9.47 Å². The fourth-order valence-corrected chi connectivity index (χ4v) is 5.64. The summed E-state index contributed by atoms with van der Waals surface area (Å²) >= 11 is 6.05. The molecule has 158 valence electrons. The van der Waals surface area contributed by atoms with Crippen molar-refractivity contribution in [2.24, 2.45) is 7.05 Å². The number of sulfonamides is 1. The predicted molar refractivity (Wildman–Crippen MR) is 116 cm³/mol. The van der Waals surface area contributed by atoms with Crippen LogP contribution in [-0.4, -0.2) is 36.9 Å². The second kappa shape index (κ2) is 8.40. The molecule has 0 aliphatic carbocycles. The summed E-state index contributed by atoms with van der Waals surface area (Å²) in [6.45, 7) is 6.65. The molecule has 1 aromatic heterocycles. The Kier molecular flexibility index (Phi) is 6.29. The van der Waals surface area contributed by atoms with Crippen LogP contribution in [0.25, 0.3) is 0 Å². The molecule has 1 fully saturated rings. The Labute approximate surface area is 177 Å². The molecule has 6 nitrogen and oxygen atoms in total. The van der Waals surface area contributed by atoms with Gasteiger partial charge in [-0.2, -0.15) is 0 Å². The number of carbonyl (C=O) groups is 1. The van der Waals surface area contributed by atoms with Gasteiger partial charge in [0.2, 0.25) is 0 Å². The second-order valence-corrected chi connectivity index (χ2v) is 9.76. The van der Waals surface area contributed by atoms with Crippen molar-refractivity contribution in [3.63, 3.8) is 0 Å². The van der Waals surface area contributed by atoms with Crippen LogP contribution in [0, 0.1) is 20.8 Å². The molecule has 8 heteroatoms. The normalized spacial score (nSPS) is 15.3. The molecule has 0 radical (unpaired) electrons. The van der Waals surface area contributed by atoms with Crippen molar-refractivity contribution in [1.82, 2.24) is 9.47 Å². The van der Waals surface area contributed by atoms with E-state index < -0.39 is 10.0 Å². The zero-order chi connectivity index (χ0) is 21.3. The van der Waals surface area contributed by atoms with E-state index in [-0.39, 0.29) is 16.4 Å². The van der Waals surface area contributed by atoms with E-state index in [1.165, 1.54) is 0 Å². The first-order chi connectivity index (χ1) is 13.6. The molecule has 1 aliphatic rings. The van der Waals surface area contributed by atoms with Gasteiger partial charge in [0.05, 0.1) is 11.3 Å². The molecular formula is C21H28ClN3O3S. The van der Waals surface area contributed by atoms with Gasteiger partial charge in [0.15, 0.2) is 0 Å². The van der Waals surface area contributed by atoms with E-state index in [1.54, 1.807) is 55.5 Å². The fourth-order valence-electron chi connectivity index (χ4n) is 3.83. The molecule has 2 aromatic rings. The summed E-state index contributed by atoms with van der Waals surface area (Å²) in [7, 11) is -2.20. The lowest BCUT2D eigenvalue weighted by atomic mass is 10.2. The molecule has 2 heterocycles. The molecular weight excluding hydrogens is 410 g/mol. The first-order valence-corrected chi connectivity index (χ1v) is 11.7. The number of carbonyl (C=O) groups excluding carboxylic acids is 1. The lowest BCUT2D eigenvalue weighted by Gasteiger charge is -2.21. The Morgan fingerprint density at radius 2 is 1.66 bits per heavy atom. The first kappa shape index (κ1) is 21.7. The van der Waals surface area contributed by atoms with E-state index in [0.717, 1.165) is 31.2 Å². The van der Waals surface area contributed by atoms with Crippen LogP contribution in [0.15, 0.2) is 23.1 Å². The van der Waals surface area contributed by atoms with Gasteiger partial charge in [-0.25, -0.2) is 8.42 Å². The van der Waals surface area contributed by atoms with Gasteiger partial charge in [-0.15, -0.1) is 0 Å². The highest BCUT2D eigenvalue weighted by atomic mass is 35.5. The number of halogens is 1. The molecule has 0 bridgehead atoms. The highest BCUT2D eigenvalue weighted by Crippen LogP contribution is 2.31. The Hall–Kier alpha value is -1.99. The van der Waals surface area contributed by atoms with E-state index in [1.807, 2.05) is 0 Å². The number of likely N-dealkylation sites (tertiary alicyclic amines) is 1. The molecule has 0 unspecified atom stereocenters. The minimum absolute atomic E-state index is 0.0473. The van der Waals surface area contributed by atoms with E-state index in [4.69, 9.17) is 11.6 Å². The Bertz CT molecular complexity index is 1040. The van der Waals surface area contributed by atoms with Crippen LogP contribution in [0.2, 0.25) is 5.02 Å². The Morgan fingerprint density at radius 1 is 1.03 bits per heavy atom. The molecule has 0 saturated carbocycles. The SMILES string of the molecule is Cc1ccc(Cl)cc1NS(=O)(=O)c1c(C(=O)N2CCCCCC2)c(C)n(C)c1C. The third kappa shape index (κ3) is 4.31. The van der Waals surface area contributed by atoms with Crippen LogP contribution in [0.1, 0.15) is 53.0 Å². The average molecular weight is 438 g/mol. The molecule has 1 N–H and O–H groups in total. The first-order valence-electron chi connectivity index (χ1n) is 9.87. The van der Waals surface area contributed by atoms with Gasteiger partial charge in [-0.3, -0.25) is 9.52 Å². The van der Waals surface area contributed by atoms with Crippen LogP contribution in [-0.2, 0) is 17.1 Å². The minimum Gasteiger partial charge on any atom is -0.350 e. The molecule has 0 atom stereocenters. The van der Waals surface area contributed by atoms with E-state index in [9.17, 15) is 13.2 Å². The number of hydrogen-bond donors (Lipinski definition) is 1. The molecule has 29 heavy (non-hydrogen) atoms. The summed E-state index contributed by atoms with van der Waals surface area (Å²) in [6.07, 6.45) is 4.08. The third-order valence-corrected chi connectivity index (χ3v) is 7.50. The molecule has 3 rings (SSSR count). The van der Waals surface area contributed by atoms with Gasteiger partial charge >= 0.3 is 0 Å². The summed E-state index contributed by atoms with van der Waals surface area (Å²) in [4.78, 5) is 15.2. The lowest BCUT2D eigenvalue weighted by molar-refractivity contribution is 0.0757. The number of hydrogen-bond acceptors (Lipinski definition) is 3. The van der Waals surface area contributed by atoms with Gasteiger partial charge in [-0.1, -0.05) is 30.5 Å². The maximum absolute atomic E-state index is 13.4. The summed E-state index contributed by atoms with van der Waals surface area (Å²) in [5.41, 5.74) is 2.61. The van der Waals surface area contributed by atoms with Crippen LogP contribution >= 0.6 is 11.6 Å². The van der Waals surface area contributed by atoms with Crippen molar-refractivity contribution in [2.75, 3.05) is 17.8 Å². The number of nitrogens with zero attached hydrogens (tertiary/aromatic N) is 2. The number of rotatable bonds is 4. The van der Waals surface area contributed by atoms with Crippen molar-refractivity contribution in [1.29, 1.82) is 0 Å². The molecule has 0 spiro atoms. The molecule has 1 amide bonds. The summed E-state index contributed by atoms with van der Waals surface area (Å²) in [6, 6.07) is 5.04. The highest BCUT2D eigenvalue weighted by Gasteiger charge is 2.33. The van der Waals surface area contributed by atoms with Crippen molar-refractivity contribution in [3.05, 3.63) is 45.7 Å². The number of aromatic nitrogens is 1. The molecule has 1 saturated heterocycles. The zero-order valence-electron chi connectivity index (χ0n) is 17.4. The Balaban J connectivity index is 2.07. The second-order valence-electron chi connectivity index (χ2n) is 7.71. The summed E-state index contributed by atoms with van der Waals surface area (Å²) < 4.78 is 31.2. The summed E-state index contributed by atoms with van der Waals surface area (Å²) in [5, 5.41) is 0.440. The topological polar surface area (TPSA) is 71.4 Å². The highest BCUT2D eigenvalue weighted by molar-refractivity contribution is 7.92. The Morgan fingerprint density at radius 3 is 2.28 bits per heavy atom. The van der Waals surface area contributed by atoms with E-state index in [2.05, 4.69) is 4.72 Å². The predicted octanol–water partition coefficient (Wildman–Crippen LogP) is 4.42. The van der Waals surface area contributed by atoms with E-state index in [0.29, 0.717) is 35.2 Å². The van der Waals surface area contributed by atoms with Crippen molar-refractivity contribution < 1.29 is 13.2 Å². The zero-order valence-corrected chi connectivity index (χ0v) is 19.0. The van der Waals surface area contributed by atoms with Gasteiger partial charge in [-0.05, 0) is 51.3 Å². The number of nitrogens with one attached hydrogen (secondary N) is 1. The fraction of sp³-hybridized carbons (Fsp3) is 0.476. The molecule has 1 aliphatic heterocycles. The van der Waals surface area contributed by atoms with Crippen LogP contribution in [0.3, 0.4) is 0 Å².